The molecule has 11 saturated heterocycles. The van der Waals surface area contributed by atoms with Crippen LogP contribution >= 0.6 is 0 Å². The Morgan fingerprint density at radius 2 is 0.614 bits per heavy atom. The van der Waals surface area contributed by atoms with E-state index in [-0.39, 0.29) is 17.6 Å². The quantitative estimate of drug-likeness (QED) is 0.0449. The van der Waals surface area contributed by atoms with E-state index in [2.05, 4.69) is 309 Å². The molecule has 0 aromatic carbocycles. The third kappa shape index (κ3) is 31.7. The molecule has 18 heterocycles. The van der Waals surface area contributed by atoms with E-state index in [4.69, 9.17) is 38.9 Å². The lowest BCUT2D eigenvalue weighted by atomic mass is 9.95. The lowest BCUT2D eigenvalue weighted by Crippen LogP contribution is -2.59. The molecule has 7 aromatic rings. The SMILES string of the molecule is CC(C)c1ccc(C2CCOC2)c(N2CCNCC2)n1.CC(C)c1ccc(CN2CCN(C)CC2(C)C)cn1.CC(C)c1ccc(N2CCN(C)C(C(C)(C)O)C2)cn1.CC(C)c1ccc(N2CCN(C)[C@@H](C(C)(C)O)C2)cn1.CC(C)c1ccc([C@@H]2CCOC2)c(N2CCNCC2)n1.CC(C)c1ccc([C@H]2CCOC2)c(N2CCN(C)CC2)n1.CC(C)c1ccc([C@H]2CCOC2)c(N2CCNCC2)n1. The van der Waals surface area contributed by atoms with Crippen LogP contribution in [-0.4, -0.2) is 343 Å². The van der Waals surface area contributed by atoms with Gasteiger partial charge in [0.1, 0.15) is 23.3 Å². The molecule has 11 aliphatic heterocycles. The Kier molecular flexibility index (Phi) is 42.0. The van der Waals surface area contributed by atoms with Gasteiger partial charge in [0, 0.05) is 294 Å². The van der Waals surface area contributed by atoms with Crippen molar-refractivity contribution >= 4 is 34.6 Å². The fourth-order valence-corrected chi connectivity index (χ4v) is 20.6. The van der Waals surface area contributed by atoms with E-state index in [0.29, 0.717) is 65.1 Å². The predicted molar refractivity (Wildman–Crippen MR) is 578 cm³/mol. The second kappa shape index (κ2) is 52.9. The highest BCUT2D eigenvalue weighted by Crippen LogP contribution is 2.40. The van der Waals surface area contributed by atoms with Crippen molar-refractivity contribution in [2.45, 2.75) is 265 Å². The van der Waals surface area contributed by atoms with Crippen LogP contribution < -0.4 is 45.3 Å². The topological polar surface area (TPSA) is 239 Å². The number of nitrogens with zero attached hydrogens (tertiary/aromatic N) is 18. The maximum absolute atomic E-state index is 10.3. The summed E-state index contributed by atoms with van der Waals surface area (Å²) in [5, 5.41) is 30.9. The van der Waals surface area contributed by atoms with Gasteiger partial charge in [-0.05, 0) is 197 Å². The standard InChI is InChI=1S/C17H27N3O.3C16H25N3O.2C16H27N3O.C16H27N3/c1-13(2)16-5-4-15(14-6-11-21-12-14)17(18-16)20-9-7-19(3)8-10-20;3*1-12(2)15-4-3-14(13-5-10-20-11-13)16(18-15)19-8-6-17-7-9-19;2*1-12(2)14-7-6-13(10-17-14)19-9-8-18(5)15(11-19)16(3,4)20;1-13(2)15-7-6-14(10-17-15)11-19-9-8-18(5)12-16(19,3)4/h4-5,13-14H,6-12H2,1-3H3;3*3-4,12-13,17H,5-11H2,1-2H3;2*6-7,10,12,15,20H,8-9,11H2,1-5H3;6-7,10,13H,8-9,11-12H2,1-5H3/t14-;2*13-;;15-;;/m010.1../s1. The van der Waals surface area contributed by atoms with Crippen molar-refractivity contribution in [3.8, 4) is 0 Å². The number of rotatable bonds is 21. The van der Waals surface area contributed by atoms with Gasteiger partial charge in [0.05, 0.1) is 73.5 Å². The van der Waals surface area contributed by atoms with Crippen LogP contribution in [0.15, 0.2) is 104 Å². The van der Waals surface area contributed by atoms with Crippen molar-refractivity contribution in [1.29, 1.82) is 0 Å². The molecule has 0 aliphatic carbocycles. The number of pyridine rings is 7. The molecule has 6 atom stereocenters. The molecule has 27 nitrogen and oxygen atoms in total. The van der Waals surface area contributed by atoms with Crippen molar-refractivity contribution in [2.75, 3.05) is 274 Å². The number of hydrogen-bond donors (Lipinski definition) is 5. The molecule has 0 spiro atoms. The molecule has 2 unspecified atom stereocenters. The average molecular weight is 1930 g/mol. The number of aromatic nitrogens is 7. The van der Waals surface area contributed by atoms with Crippen molar-refractivity contribution in [1.82, 2.24) is 75.3 Å². The summed E-state index contributed by atoms with van der Waals surface area (Å²) < 4.78 is 22.3. The summed E-state index contributed by atoms with van der Waals surface area (Å²) in [5.74, 6) is 10.2. The maximum atomic E-state index is 10.3. The van der Waals surface area contributed by atoms with Crippen molar-refractivity contribution in [3.05, 3.63) is 171 Å². The molecular formula is C113H183N21O6. The van der Waals surface area contributed by atoms with Crippen LogP contribution in [0, 0.1) is 0 Å². The number of aliphatic hydroxyl groups is 2. The van der Waals surface area contributed by atoms with Crippen LogP contribution in [-0.2, 0) is 25.5 Å². The molecule has 5 N–H and O–H groups in total. The number of piperazine rings is 7. The van der Waals surface area contributed by atoms with Gasteiger partial charge in [-0.3, -0.25) is 29.7 Å². The third-order valence-corrected chi connectivity index (χ3v) is 30.1. The Bertz CT molecular complexity index is 4500. The highest BCUT2D eigenvalue weighted by Gasteiger charge is 2.39. The third-order valence-electron chi connectivity index (χ3n) is 30.1. The van der Waals surface area contributed by atoms with Gasteiger partial charge < -0.3 is 84.3 Å². The molecule has 27 heteroatoms. The summed E-state index contributed by atoms with van der Waals surface area (Å²) in [6, 6.07) is 31.2. The fraction of sp³-hybridized carbons (Fsp3) is 0.690. The number of likely N-dealkylation sites (N-methyl/N-ethyl adjacent to an activating group) is 4. The highest BCUT2D eigenvalue weighted by molar-refractivity contribution is 5.55. The van der Waals surface area contributed by atoms with Gasteiger partial charge in [-0.15, -0.1) is 0 Å². The molecule has 140 heavy (non-hydrogen) atoms. The first-order valence-electron chi connectivity index (χ1n) is 53.7. The zero-order valence-corrected chi connectivity index (χ0v) is 90.8. The second-order valence-electron chi connectivity index (χ2n) is 45.1. The monoisotopic (exact) mass is 1930 g/mol. The first-order chi connectivity index (χ1) is 66.9. The van der Waals surface area contributed by atoms with Gasteiger partial charge in [0.25, 0.3) is 0 Å². The second-order valence-corrected chi connectivity index (χ2v) is 45.1. The minimum absolute atomic E-state index is 0.140. The Morgan fingerprint density at radius 1 is 0.336 bits per heavy atom. The van der Waals surface area contributed by atoms with E-state index in [1.807, 2.05) is 46.3 Å². The lowest BCUT2D eigenvalue weighted by molar-refractivity contribution is -0.0143. The molecule has 0 radical (unpaired) electrons. The van der Waals surface area contributed by atoms with Gasteiger partial charge in [-0.2, -0.15) is 0 Å². The normalized spacial score (nSPS) is 22.7. The number of hydrogen-bond acceptors (Lipinski definition) is 27. The molecule has 0 amide bonds. The van der Waals surface area contributed by atoms with Crippen molar-refractivity contribution in [3.63, 3.8) is 0 Å². The highest BCUT2D eigenvalue weighted by atomic mass is 16.5. The van der Waals surface area contributed by atoms with Crippen LogP contribution in [0.25, 0.3) is 0 Å². The number of ether oxygens (including phenoxy) is 4. The van der Waals surface area contributed by atoms with E-state index >= 15 is 0 Å². The zero-order valence-electron chi connectivity index (χ0n) is 90.8. The molecule has 11 aliphatic rings. The van der Waals surface area contributed by atoms with E-state index in [9.17, 15) is 10.2 Å². The molecule has 18 rings (SSSR count). The summed E-state index contributed by atoms with van der Waals surface area (Å²) >= 11 is 0. The Labute approximate surface area is 844 Å². The number of anilines is 6. The summed E-state index contributed by atoms with van der Waals surface area (Å²) in [6.45, 7) is 76.8. The van der Waals surface area contributed by atoms with E-state index in [1.165, 1.54) is 79.6 Å². The summed E-state index contributed by atoms with van der Waals surface area (Å²) in [6.07, 6.45) is 10.5. The molecule has 0 saturated carbocycles. The van der Waals surface area contributed by atoms with Crippen LogP contribution in [0.3, 0.4) is 0 Å². The summed E-state index contributed by atoms with van der Waals surface area (Å²) in [4.78, 5) is 59.9. The van der Waals surface area contributed by atoms with Gasteiger partial charge in [-0.1, -0.05) is 127 Å². The largest absolute Gasteiger partial charge is 0.389 e. The van der Waals surface area contributed by atoms with Crippen LogP contribution in [0.1, 0.15) is 297 Å². The van der Waals surface area contributed by atoms with Crippen LogP contribution in [0.4, 0.5) is 34.6 Å². The molecule has 0 bridgehead atoms. The first-order valence-corrected chi connectivity index (χ1v) is 53.7. The first kappa shape index (κ1) is 111. The molecule has 11 fully saturated rings. The lowest BCUT2D eigenvalue weighted by Gasteiger charge is -2.46. The average Bonchev–Trinajstić information content (AvgIpc) is 1.69. The van der Waals surface area contributed by atoms with Gasteiger partial charge >= 0.3 is 0 Å². The summed E-state index contributed by atoms with van der Waals surface area (Å²) in [5.41, 5.74) is 16.2. The van der Waals surface area contributed by atoms with E-state index in [0.717, 1.165) is 271 Å². The minimum Gasteiger partial charge on any atom is -0.389 e. The van der Waals surface area contributed by atoms with Crippen molar-refractivity contribution < 1.29 is 29.2 Å². The Morgan fingerprint density at radius 3 is 0.871 bits per heavy atom. The smallest absolute Gasteiger partial charge is 0.132 e. The van der Waals surface area contributed by atoms with E-state index < -0.39 is 11.2 Å². The van der Waals surface area contributed by atoms with Gasteiger partial charge in [0.2, 0.25) is 0 Å². The van der Waals surface area contributed by atoms with Gasteiger partial charge in [0.15, 0.2) is 0 Å². The fourth-order valence-electron chi connectivity index (χ4n) is 20.6. The van der Waals surface area contributed by atoms with Crippen molar-refractivity contribution in [2.24, 2.45) is 0 Å². The minimum atomic E-state index is -0.696. The Balaban J connectivity index is 0.000000146. The summed E-state index contributed by atoms with van der Waals surface area (Å²) in [7, 11) is 8.57. The molecule has 7 aromatic heterocycles. The number of nitrogens with one attached hydrogen (secondary N) is 3. The molecular weight excluding hydrogens is 1750 g/mol. The van der Waals surface area contributed by atoms with E-state index in [1.54, 1.807) is 0 Å². The Hall–Kier alpha value is -7.71. The van der Waals surface area contributed by atoms with Crippen LogP contribution in [0.2, 0.25) is 0 Å². The van der Waals surface area contributed by atoms with Crippen LogP contribution in [0.5, 0.6) is 0 Å². The zero-order chi connectivity index (χ0) is 101. The predicted octanol–water partition coefficient (Wildman–Crippen LogP) is 15.7. The molecule has 776 valence electrons. The maximum Gasteiger partial charge on any atom is 0.132 e. The van der Waals surface area contributed by atoms with Gasteiger partial charge in [-0.25, -0.2) is 19.9 Å².